The molecule has 0 aromatic carbocycles. The predicted molar refractivity (Wildman–Crippen MR) is 77.4 cm³/mol. The number of carbonyl (C=O) groups is 1. The Morgan fingerprint density at radius 2 is 2.16 bits per heavy atom. The number of nitrogens with zero attached hydrogens (tertiary/aromatic N) is 3. The van der Waals surface area contributed by atoms with Crippen LogP contribution in [0.4, 0.5) is 5.13 Å². The molecule has 0 spiro atoms. The molecule has 2 heterocycles. The van der Waals surface area contributed by atoms with E-state index in [2.05, 4.69) is 14.8 Å². The highest BCUT2D eigenvalue weighted by molar-refractivity contribution is 7.17. The molecule has 2 rings (SSSR count). The summed E-state index contributed by atoms with van der Waals surface area (Å²) in [7, 11) is 1.99. The molecule has 5 nitrogen and oxygen atoms in total. The third-order valence-electron chi connectivity index (χ3n) is 3.49. The van der Waals surface area contributed by atoms with Crippen LogP contribution in [-0.4, -0.2) is 54.2 Å². The summed E-state index contributed by atoms with van der Waals surface area (Å²) in [4.78, 5) is 20.5. The van der Waals surface area contributed by atoms with Gasteiger partial charge in [0, 0.05) is 20.1 Å². The SMILES string of the molecule is CCc1nc(N(C)CCN2CCCC2)sc1C(=O)O. The van der Waals surface area contributed by atoms with Crippen molar-refractivity contribution in [2.45, 2.75) is 26.2 Å². The molecule has 0 aliphatic carbocycles. The minimum atomic E-state index is -0.867. The van der Waals surface area contributed by atoms with Crippen molar-refractivity contribution in [3.8, 4) is 0 Å². The van der Waals surface area contributed by atoms with Crippen molar-refractivity contribution in [3.05, 3.63) is 10.6 Å². The Hall–Kier alpha value is -1.14. The van der Waals surface area contributed by atoms with Crippen molar-refractivity contribution >= 4 is 22.4 Å². The summed E-state index contributed by atoms with van der Waals surface area (Å²) in [5.41, 5.74) is 0.695. The van der Waals surface area contributed by atoms with Crippen LogP contribution in [0.1, 0.15) is 35.1 Å². The lowest BCUT2D eigenvalue weighted by Crippen LogP contribution is -2.31. The number of likely N-dealkylation sites (N-methyl/N-ethyl adjacent to an activating group) is 1. The van der Waals surface area contributed by atoms with E-state index in [-0.39, 0.29) is 0 Å². The molecule has 19 heavy (non-hydrogen) atoms. The zero-order chi connectivity index (χ0) is 13.8. The number of thiazole rings is 1. The van der Waals surface area contributed by atoms with E-state index in [1.807, 2.05) is 14.0 Å². The van der Waals surface area contributed by atoms with E-state index in [0.29, 0.717) is 17.0 Å². The second-order valence-electron chi connectivity index (χ2n) is 4.90. The van der Waals surface area contributed by atoms with Gasteiger partial charge in [-0.1, -0.05) is 18.3 Å². The summed E-state index contributed by atoms with van der Waals surface area (Å²) in [6.07, 6.45) is 3.26. The van der Waals surface area contributed by atoms with Gasteiger partial charge >= 0.3 is 5.97 Å². The molecule has 0 bridgehead atoms. The lowest BCUT2D eigenvalue weighted by molar-refractivity contribution is 0.0701. The van der Waals surface area contributed by atoms with E-state index in [4.69, 9.17) is 5.11 Å². The van der Waals surface area contributed by atoms with E-state index in [0.717, 1.165) is 18.2 Å². The van der Waals surface area contributed by atoms with Crippen LogP contribution in [0.5, 0.6) is 0 Å². The van der Waals surface area contributed by atoms with Gasteiger partial charge in [-0.25, -0.2) is 9.78 Å². The quantitative estimate of drug-likeness (QED) is 0.864. The fourth-order valence-electron chi connectivity index (χ4n) is 2.30. The maximum atomic E-state index is 11.1. The normalized spacial score (nSPS) is 15.9. The van der Waals surface area contributed by atoms with Crippen LogP contribution in [0.3, 0.4) is 0 Å². The molecule has 1 aliphatic heterocycles. The van der Waals surface area contributed by atoms with Gasteiger partial charge in [-0.3, -0.25) is 0 Å². The molecule has 1 aromatic rings. The minimum absolute atomic E-state index is 0.380. The van der Waals surface area contributed by atoms with Crippen molar-refractivity contribution in [1.29, 1.82) is 0 Å². The van der Waals surface area contributed by atoms with Crippen LogP contribution in [0.25, 0.3) is 0 Å². The predicted octanol–water partition coefficient (Wildman–Crippen LogP) is 1.94. The monoisotopic (exact) mass is 283 g/mol. The summed E-state index contributed by atoms with van der Waals surface area (Å²) in [5, 5.41) is 9.95. The van der Waals surface area contributed by atoms with E-state index in [1.54, 1.807) is 0 Å². The molecule has 0 atom stereocenters. The largest absolute Gasteiger partial charge is 0.477 e. The maximum Gasteiger partial charge on any atom is 0.347 e. The van der Waals surface area contributed by atoms with Crippen LogP contribution in [0.15, 0.2) is 0 Å². The van der Waals surface area contributed by atoms with Crippen LogP contribution in [-0.2, 0) is 6.42 Å². The first kappa shape index (κ1) is 14.3. The number of aromatic carboxylic acids is 1. The topological polar surface area (TPSA) is 56.7 Å². The number of aryl methyl sites for hydroxylation is 1. The number of aromatic nitrogens is 1. The van der Waals surface area contributed by atoms with Crippen LogP contribution >= 0.6 is 11.3 Å². The summed E-state index contributed by atoms with van der Waals surface area (Å²) >= 11 is 1.28. The first-order chi connectivity index (χ1) is 9.11. The fraction of sp³-hybridized carbons (Fsp3) is 0.692. The Balaban J connectivity index is 1.97. The summed E-state index contributed by atoms with van der Waals surface area (Å²) < 4.78 is 0. The number of carboxylic acid groups (broad SMARTS) is 1. The van der Waals surface area contributed by atoms with E-state index < -0.39 is 5.97 Å². The molecule has 0 saturated carbocycles. The van der Waals surface area contributed by atoms with Gasteiger partial charge in [-0.05, 0) is 32.4 Å². The first-order valence-corrected chi connectivity index (χ1v) is 7.60. The van der Waals surface area contributed by atoms with Gasteiger partial charge in [0.2, 0.25) is 0 Å². The number of hydrogen-bond donors (Lipinski definition) is 1. The highest BCUT2D eigenvalue weighted by Crippen LogP contribution is 2.26. The number of likely N-dealkylation sites (tertiary alicyclic amines) is 1. The Labute approximate surface area is 117 Å². The number of carboxylic acids is 1. The third kappa shape index (κ3) is 3.45. The van der Waals surface area contributed by atoms with Crippen molar-refractivity contribution in [2.24, 2.45) is 0 Å². The van der Waals surface area contributed by atoms with E-state index >= 15 is 0 Å². The molecule has 1 aliphatic rings. The highest BCUT2D eigenvalue weighted by atomic mass is 32.1. The summed E-state index contributed by atoms with van der Waals surface area (Å²) in [6.45, 7) is 6.24. The van der Waals surface area contributed by atoms with Crippen molar-refractivity contribution in [2.75, 3.05) is 38.1 Å². The zero-order valence-electron chi connectivity index (χ0n) is 11.6. The van der Waals surface area contributed by atoms with Gasteiger partial charge in [-0.2, -0.15) is 0 Å². The second kappa shape index (κ2) is 6.34. The Bertz CT molecular complexity index is 441. The first-order valence-electron chi connectivity index (χ1n) is 6.78. The van der Waals surface area contributed by atoms with Gasteiger partial charge < -0.3 is 14.9 Å². The Kier molecular flexibility index (Phi) is 4.76. The molecule has 1 aromatic heterocycles. The second-order valence-corrected chi connectivity index (χ2v) is 5.88. The third-order valence-corrected chi connectivity index (χ3v) is 4.69. The van der Waals surface area contributed by atoms with Crippen LogP contribution in [0, 0.1) is 0 Å². The summed E-state index contributed by atoms with van der Waals surface area (Å²) in [6, 6.07) is 0. The molecule has 106 valence electrons. The minimum Gasteiger partial charge on any atom is -0.477 e. The standard InChI is InChI=1S/C13H21N3O2S/c1-3-10-11(12(17)18)19-13(14-10)15(2)8-9-16-6-4-5-7-16/h3-9H2,1-2H3,(H,17,18). The molecule has 6 heteroatoms. The molecule has 0 amide bonds. The lowest BCUT2D eigenvalue weighted by atomic mass is 10.3. The molecule has 0 unspecified atom stereocenters. The van der Waals surface area contributed by atoms with E-state index in [9.17, 15) is 4.79 Å². The van der Waals surface area contributed by atoms with Gasteiger partial charge in [0.15, 0.2) is 5.13 Å². The highest BCUT2D eigenvalue weighted by Gasteiger charge is 2.18. The maximum absolute atomic E-state index is 11.1. The average molecular weight is 283 g/mol. The Morgan fingerprint density at radius 1 is 1.47 bits per heavy atom. The molecule has 0 radical (unpaired) electrons. The zero-order valence-corrected chi connectivity index (χ0v) is 12.4. The Morgan fingerprint density at radius 3 is 2.68 bits per heavy atom. The average Bonchev–Trinajstić information content (AvgIpc) is 3.04. The molecule has 1 saturated heterocycles. The number of anilines is 1. The van der Waals surface area contributed by atoms with Gasteiger partial charge in [0.25, 0.3) is 0 Å². The fourth-order valence-corrected chi connectivity index (χ4v) is 3.28. The van der Waals surface area contributed by atoms with Crippen molar-refractivity contribution in [1.82, 2.24) is 9.88 Å². The number of rotatable bonds is 6. The smallest absolute Gasteiger partial charge is 0.347 e. The van der Waals surface area contributed by atoms with Crippen LogP contribution < -0.4 is 4.90 Å². The van der Waals surface area contributed by atoms with Gasteiger partial charge in [0.1, 0.15) is 4.88 Å². The number of hydrogen-bond acceptors (Lipinski definition) is 5. The summed E-state index contributed by atoms with van der Waals surface area (Å²) in [5.74, 6) is -0.867. The molecule has 1 N–H and O–H groups in total. The molecular weight excluding hydrogens is 262 g/mol. The van der Waals surface area contributed by atoms with Crippen LogP contribution in [0.2, 0.25) is 0 Å². The van der Waals surface area contributed by atoms with Crippen molar-refractivity contribution in [3.63, 3.8) is 0 Å². The lowest BCUT2D eigenvalue weighted by Gasteiger charge is -2.20. The van der Waals surface area contributed by atoms with Crippen molar-refractivity contribution < 1.29 is 9.90 Å². The van der Waals surface area contributed by atoms with E-state index in [1.165, 1.54) is 37.3 Å². The van der Waals surface area contributed by atoms with Gasteiger partial charge in [0.05, 0.1) is 5.69 Å². The molecular formula is C13H21N3O2S. The molecule has 1 fully saturated rings. The van der Waals surface area contributed by atoms with Gasteiger partial charge in [-0.15, -0.1) is 0 Å².